The van der Waals surface area contributed by atoms with E-state index >= 15 is 0 Å². The van der Waals surface area contributed by atoms with Gasteiger partial charge in [0.05, 0.1) is 0 Å². The number of aromatic nitrogens is 1. The van der Waals surface area contributed by atoms with Crippen molar-refractivity contribution in [1.82, 2.24) is 9.88 Å². The quantitative estimate of drug-likeness (QED) is 0.843. The van der Waals surface area contributed by atoms with Gasteiger partial charge in [-0.25, -0.2) is 0 Å². The van der Waals surface area contributed by atoms with Gasteiger partial charge in [0.1, 0.15) is 5.49 Å². The molecule has 0 saturated heterocycles. The fraction of sp³-hybridized carbons (Fsp3) is 0.286. The molecule has 134 valence electrons. The average molecular weight is 349 g/mol. The van der Waals surface area contributed by atoms with Gasteiger partial charge in [-0.05, 0) is 62.6 Å². The first kappa shape index (κ1) is 17.9. The molecule has 1 saturated carbocycles. The molecule has 1 aromatic carbocycles. The Balaban J connectivity index is 1.71. The van der Waals surface area contributed by atoms with Crippen LogP contribution in [0, 0.1) is 0 Å². The summed E-state index contributed by atoms with van der Waals surface area (Å²) in [5.41, 5.74) is 2.13. The molecule has 0 unspecified atom stereocenters. The highest BCUT2D eigenvalue weighted by Crippen LogP contribution is 2.19. The van der Waals surface area contributed by atoms with Crippen LogP contribution in [0.4, 0.5) is 0 Å². The van der Waals surface area contributed by atoms with Crippen LogP contribution in [0.5, 0.6) is 0 Å². The van der Waals surface area contributed by atoms with Crippen molar-refractivity contribution in [2.24, 2.45) is 4.99 Å². The second-order valence-corrected chi connectivity index (χ2v) is 6.69. The predicted octanol–water partition coefficient (Wildman–Crippen LogP) is 3.04. The molecular formula is C21H23N3O2. The summed E-state index contributed by atoms with van der Waals surface area (Å²) in [5, 5.41) is 2.96. The van der Waals surface area contributed by atoms with Crippen LogP contribution in [0.2, 0.25) is 0 Å². The summed E-state index contributed by atoms with van der Waals surface area (Å²) in [6.07, 6.45) is 7.09. The van der Waals surface area contributed by atoms with E-state index in [-0.39, 0.29) is 17.9 Å². The van der Waals surface area contributed by atoms with Gasteiger partial charge in [0, 0.05) is 29.9 Å². The zero-order chi connectivity index (χ0) is 18.5. The number of hydrogen-bond donors (Lipinski definition) is 1. The minimum atomic E-state index is -0.166. The zero-order valence-electron chi connectivity index (χ0n) is 15.1. The Bertz CT molecular complexity index is 888. The Morgan fingerprint density at radius 2 is 1.88 bits per heavy atom. The van der Waals surface area contributed by atoms with E-state index in [0.29, 0.717) is 17.1 Å². The molecule has 1 amide bonds. The summed E-state index contributed by atoms with van der Waals surface area (Å²) in [5.74, 6) is -0.209. The van der Waals surface area contributed by atoms with Crippen LogP contribution in [0.3, 0.4) is 0 Å². The first-order valence-corrected chi connectivity index (χ1v) is 8.88. The summed E-state index contributed by atoms with van der Waals surface area (Å²) in [6, 6.07) is 13.1. The molecule has 1 aliphatic rings. The second-order valence-electron chi connectivity index (χ2n) is 6.69. The predicted molar refractivity (Wildman–Crippen MR) is 102 cm³/mol. The molecule has 26 heavy (non-hydrogen) atoms. The lowest BCUT2D eigenvalue weighted by Gasteiger charge is -2.05. The third-order valence-corrected chi connectivity index (χ3v) is 3.97. The maximum atomic E-state index is 12.5. The molecule has 1 fully saturated rings. The molecule has 0 atom stereocenters. The van der Waals surface area contributed by atoms with Crippen molar-refractivity contribution in [3.8, 4) is 0 Å². The average Bonchev–Trinajstić information content (AvgIpc) is 3.44. The highest BCUT2D eigenvalue weighted by atomic mass is 16.2. The van der Waals surface area contributed by atoms with Crippen molar-refractivity contribution in [2.75, 3.05) is 0 Å². The molecule has 5 nitrogen and oxygen atoms in total. The summed E-state index contributed by atoms with van der Waals surface area (Å²) < 4.78 is 1.52. The van der Waals surface area contributed by atoms with Gasteiger partial charge < -0.3 is 5.32 Å². The van der Waals surface area contributed by atoms with Crippen LogP contribution in [0.1, 0.15) is 47.4 Å². The van der Waals surface area contributed by atoms with Crippen molar-refractivity contribution in [3.63, 3.8) is 0 Å². The van der Waals surface area contributed by atoms with Gasteiger partial charge in [0.25, 0.3) is 11.8 Å². The third-order valence-electron chi connectivity index (χ3n) is 3.97. The number of nitrogens with zero attached hydrogens (tertiary/aromatic N) is 2. The molecule has 1 heterocycles. The molecule has 2 aromatic rings. The van der Waals surface area contributed by atoms with Crippen molar-refractivity contribution < 1.29 is 9.59 Å². The maximum absolute atomic E-state index is 12.5. The molecule has 3 rings (SSSR count). The van der Waals surface area contributed by atoms with Gasteiger partial charge in [-0.2, -0.15) is 0 Å². The third kappa shape index (κ3) is 4.79. The van der Waals surface area contributed by atoms with Crippen LogP contribution in [-0.2, 0) is 0 Å². The Labute approximate surface area is 153 Å². The fourth-order valence-corrected chi connectivity index (χ4v) is 2.48. The van der Waals surface area contributed by atoms with Gasteiger partial charge in [-0.3, -0.25) is 19.1 Å². The highest BCUT2D eigenvalue weighted by Gasteiger charge is 2.23. The molecule has 0 spiro atoms. The standard InChI is InChI=1S/C21H23N3O2/c1-15(2)22-19-5-3-4-14-24(19)20(25)13-8-16-6-9-17(10-7-16)21(26)23-18-11-12-18/h3-10,13-15,18H,11-12H2,1-2H3,(H,23,26). The van der Waals surface area contributed by atoms with Crippen LogP contribution in [0.25, 0.3) is 6.08 Å². The van der Waals surface area contributed by atoms with Gasteiger partial charge in [0.2, 0.25) is 0 Å². The number of rotatable bonds is 5. The minimum Gasteiger partial charge on any atom is -0.349 e. The van der Waals surface area contributed by atoms with Gasteiger partial charge in [-0.15, -0.1) is 0 Å². The van der Waals surface area contributed by atoms with E-state index < -0.39 is 0 Å². The topological polar surface area (TPSA) is 63.5 Å². The van der Waals surface area contributed by atoms with E-state index in [1.807, 2.05) is 38.1 Å². The van der Waals surface area contributed by atoms with Gasteiger partial charge in [-0.1, -0.05) is 18.2 Å². The van der Waals surface area contributed by atoms with E-state index in [1.54, 1.807) is 30.5 Å². The number of pyridine rings is 1. The van der Waals surface area contributed by atoms with Gasteiger partial charge in [0.15, 0.2) is 0 Å². The number of carbonyl (C=O) groups excluding carboxylic acids is 2. The van der Waals surface area contributed by atoms with Crippen molar-refractivity contribution in [1.29, 1.82) is 0 Å². The fourth-order valence-electron chi connectivity index (χ4n) is 2.48. The Hall–Kier alpha value is -2.95. The normalized spacial score (nSPS) is 14.8. The van der Waals surface area contributed by atoms with Crippen LogP contribution < -0.4 is 10.8 Å². The molecule has 1 aliphatic carbocycles. The Kier molecular flexibility index (Phi) is 5.46. The Morgan fingerprint density at radius 1 is 1.15 bits per heavy atom. The number of nitrogens with one attached hydrogen (secondary N) is 1. The number of hydrogen-bond acceptors (Lipinski definition) is 3. The van der Waals surface area contributed by atoms with Crippen LogP contribution in [0.15, 0.2) is 59.7 Å². The summed E-state index contributed by atoms with van der Waals surface area (Å²) >= 11 is 0. The lowest BCUT2D eigenvalue weighted by atomic mass is 10.1. The van der Waals surface area contributed by atoms with E-state index in [9.17, 15) is 9.59 Å². The number of carbonyl (C=O) groups is 2. The van der Waals surface area contributed by atoms with Crippen LogP contribution >= 0.6 is 0 Å². The summed E-state index contributed by atoms with van der Waals surface area (Å²) in [4.78, 5) is 28.9. The summed E-state index contributed by atoms with van der Waals surface area (Å²) in [6.45, 7) is 3.94. The first-order valence-electron chi connectivity index (χ1n) is 8.88. The molecule has 0 aliphatic heterocycles. The van der Waals surface area contributed by atoms with Crippen molar-refractivity contribution in [2.45, 2.75) is 38.8 Å². The Morgan fingerprint density at radius 3 is 2.54 bits per heavy atom. The van der Waals surface area contributed by atoms with E-state index in [4.69, 9.17) is 0 Å². The molecule has 0 bridgehead atoms. The molecule has 1 aromatic heterocycles. The van der Waals surface area contributed by atoms with Crippen LogP contribution in [-0.4, -0.2) is 28.5 Å². The maximum Gasteiger partial charge on any atom is 0.256 e. The minimum absolute atomic E-state index is 0.0427. The number of allylic oxidation sites excluding steroid dienone is 1. The summed E-state index contributed by atoms with van der Waals surface area (Å²) in [7, 11) is 0. The lowest BCUT2D eigenvalue weighted by molar-refractivity contribution is 0.0947. The molecule has 0 radical (unpaired) electrons. The molecule has 5 heteroatoms. The van der Waals surface area contributed by atoms with Crippen molar-refractivity contribution in [3.05, 3.63) is 71.4 Å². The van der Waals surface area contributed by atoms with Gasteiger partial charge >= 0.3 is 0 Å². The SMILES string of the molecule is CC(C)N=c1ccccn1C(=O)C=Cc1ccc(C(=O)NC2CC2)cc1. The largest absolute Gasteiger partial charge is 0.349 e. The van der Waals surface area contributed by atoms with E-state index in [0.717, 1.165) is 18.4 Å². The van der Waals surface area contributed by atoms with Crippen molar-refractivity contribution >= 4 is 17.9 Å². The lowest BCUT2D eigenvalue weighted by Crippen LogP contribution is -2.26. The molecule has 1 N–H and O–H groups in total. The highest BCUT2D eigenvalue weighted by molar-refractivity contribution is 5.95. The molecular weight excluding hydrogens is 326 g/mol. The first-order chi connectivity index (χ1) is 12.5. The van der Waals surface area contributed by atoms with E-state index in [2.05, 4.69) is 10.3 Å². The number of benzene rings is 1. The number of amides is 1. The second kappa shape index (κ2) is 7.95. The van der Waals surface area contributed by atoms with E-state index in [1.165, 1.54) is 10.6 Å². The zero-order valence-corrected chi connectivity index (χ0v) is 15.1. The monoisotopic (exact) mass is 349 g/mol. The smallest absolute Gasteiger partial charge is 0.256 e.